The van der Waals surface area contributed by atoms with E-state index in [1.54, 1.807) is 67.9 Å². The van der Waals surface area contributed by atoms with E-state index in [4.69, 9.17) is 15.2 Å². The van der Waals surface area contributed by atoms with Gasteiger partial charge in [-0.1, -0.05) is 6.07 Å². The molecule has 8 nitrogen and oxygen atoms in total. The van der Waals surface area contributed by atoms with Gasteiger partial charge in [0.15, 0.2) is 10.4 Å². The van der Waals surface area contributed by atoms with Crippen molar-refractivity contribution in [2.45, 2.75) is 24.7 Å². The third-order valence-electron chi connectivity index (χ3n) is 5.00. The van der Waals surface area contributed by atoms with Crippen molar-refractivity contribution < 1.29 is 9.47 Å². The van der Waals surface area contributed by atoms with Crippen molar-refractivity contribution in [3.05, 3.63) is 70.5 Å². The molecule has 180 valence electrons. The van der Waals surface area contributed by atoms with Gasteiger partial charge in [-0.3, -0.25) is 14.4 Å². The minimum atomic E-state index is -0.569. The standard InChI is InChI=1S/C25H25N5O3S2/c1-14(2)32-21-11-10-20-23(29-21)30(17-5-7-18(8-6-17)33-25(34)35)24(31)22(28-20)15-4-9-19(26)16(12-15)13-27-3/h4-14,25,34-35H,26H2,1-3H3. The fourth-order valence-electron chi connectivity index (χ4n) is 3.55. The molecule has 2 N–H and O–H groups in total. The van der Waals surface area contributed by atoms with Gasteiger partial charge in [0.05, 0.1) is 11.8 Å². The summed E-state index contributed by atoms with van der Waals surface area (Å²) in [5, 5.41) is 0. The molecular weight excluding hydrogens is 482 g/mol. The van der Waals surface area contributed by atoms with Gasteiger partial charge in [-0.2, -0.15) is 4.98 Å². The van der Waals surface area contributed by atoms with Gasteiger partial charge in [-0.15, -0.1) is 25.3 Å². The molecule has 2 aromatic carbocycles. The highest BCUT2D eigenvalue weighted by molar-refractivity contribution is 7.98. The lowest BCUT2D eigenvalue weighted by Gasteiger charge is -2.15. The van der Waals surface area contributed by atoms with E-state index in [0.29, 0.717) is 45.3 Å². The smallest absolute Gasteiger partial charge is 0.283 e. The maximum Gasteiger partial charge on any atom is 0.283 e. The molecule has 0 radical (unpaired) electrons. The number of anilines is 1. The minimum absolute atomic E-state index is 0.0763. The molecule has 0 atom stereocenters. The van der Waals surface area contributed by atoms with Crippen LogP contribution in [0.25, 0.3) is 28.1 Å². The van der Waals surface area contributed by atoms with Crippen LogP contribution in [0.4, 0.5) is 5.69 Å². The van der Waals surface area contributed by atoms with Gasteiger partial charge in [0.25, 0.3) is 5.56 Å². The van der Waals surface area contributed by atoms with Crippen molar-refractivity contribution in [1.29, 1.82) is 0 Å². The van der Waals surface area contributed by atoms with Crippen LogP contribution in [0.1, 0.15) is 19.4 Å². The molecule has 2 aromatic heterocycles. The molecule has 0 spiro atoms. The maximum absolute atomic E-state index is 13.8. The zero-order valence-corrected chi connectivity index (χ0v) is 21.2. The number of benzene rings is 2. The summed E-state index contributed by atoms with van der Waals surface area (Å²) < 4.78 is 12.2. The lowest BCUT2D eigenvalue weighted by atomic mass is 10.1. The van der Waals surface area contributed by atoms with Crippen LogP contribution in [0.3, 0.4) is 0 Å². The van der Waals surface area contributed by atoms with Crippen molar-refractivity contribution in [1.82, 2.24) is 14.5 Å². The molecular formula is C25H25N5O3S2. The van der Waals surface area contributed by atoms with Gasteiger partial charge < -0.3 is 15.2 Å². The molecule has 4 aromatic rings. The highest BCUT2D eigenvalue weighted by Crippen LogP contribution is 2.25. The summed E-state index contributed by atoms with van der Waals surface area (Å²) in [5.41, 5.74) is 9.35. The first-order chi connectivity index (χ1) is 16.8. The van der Waals surface area contributed by atoms with Gasteiger partial charge in [0.2, 0.25) is 5.88 Å². The second kappa shape index (κ2) is 10.4. The zero-order chi connectivity index (χ0) is 25.1. The highest BCUT2D eigenvalue weighted by Gasteiger charge is 2.17. The van der Waals surface area contributed by atoms with E-state index < -0.39 is 4.77 Å². The number of ether oxygens (including phenoxy) is 2. The first-order valence-corrected chi connectivity index (χ1v) is 11.9. The molecule has 0 fully saturated rings. The Balaban J connectivity index is 1.96. The van der Waals surface area contributed by atoms with E-state index in [9.17, 15) is 4.79 Å². The van der Waals surface area contributed by atoms with Gasteiger partial charge in [-0.25, -0.2) is 4.98 Å². The third-order valence-corrected chi connectivity index (χ3v) is 5.21. The highest BCUT2D eigenvalue weighted by atomic mass is 32.2. The van der Waals surface area contributed by atoms with Crippen LogP contribution in [0.5, 0.6) is 11.6 Å². The molecule has 10 heteroatoms. The fourth-order valence-corrected chi connectivity index (χ4v) is 3.79. The van der Waals surface area contributed by atoms with E-state index in [1.165, 1.54) is 4.57 Å². The average Bonchev–Trinajstić information content (AvgIpc) is 2.80. The van der Waals surface area contributed by atoms with Gasteiger partial charge >= 0.3 is 0 Å². The Morgan fingerprint density at radius 2 is 1.77 bits per heavy atom. The van der Waals surface area contributed by atoms with Gasteiger partial charge in [-0.05, 0) is 56.3 Å². The van der Waals surface area contributed by atoms with Crippen LogP contribution in [0.15, 0.2) is 64.4 Å². The van der Waals surface area contributed by atoms with Gasteiger partial charge in [0, 0.05) is 36.1 Å². The first kappa shape index (κ1) is 24.6. The summed E-state index contributed by atoms with van der Waals surface area (Å²) in [6.45, 7) is 3.82. The third kappa shape index (κ3) is 5.44. The predicted molar refractivity (Wildman–Crippen MR) is 147 cm³/mol. The molecule has 0 unspecified atom stereocenters. The number of aromatic nitrogens is 3. The Morgan fingerprint density at radius 1 is 1.03 bits per heavy atom. The van der Waals surface area contributed by atoms with E-state index in [1.807, 2.05) is 13.8 Å². The second-order valence-electron chi connectivity index (χ2n) is 7.93. The molecule has 0 bridgehead atoms. The summed E-state index contributed by atoms with van der Waals surface area (Å²) in [5.74, 6) is 0.964. The number of hydrogen-bond acceptors (Lipinski definition) is 9. The number of fused-ring (bicyclic) bond motifs is 1. The van der Waals surface area contributed by atoms with Crippen LogP contribution in [0.2, 0.25) is 0 Å². The molecule has 0 aliphatic carbocycles. The number of thiol groups is 2. The molecule has 0 aliphatic rings. The van der Waals surface area contributed by atoms with Crippen molar-refractivity contribution >= 4 is 48.3 Å². The van der Waals surface area contributed by atoms with E-state index in [-0.39, 0.29) is 17.4 Å². The number of pyridine rings is 1. The van der Waals surface area contributed by atoms with Crippen LogP contribution in [0, 0.1) is 0 Å². The van der Waals surface area contributed by atoms with E-state index >= 15 is 0 Å². The molecule has 35 heavy (non-hydrogen) atoms. The number of nitrogens with zero attached hydrogens (tertiary/aromatic N) is 4. The van der Waals surface area contributed by atoms with Crippen molar-refractivity contribution in [2.75, 3.05) is 12.8 Å². The number of aliphatic imine (C=N–C) groups is 1. The zero-order valence-electron chi connectivity index (χ0n) is 19.4. The van der Waals surface area contributed by atoms with Crippen LogP contribution >= 0.6 is 25.3 Å². The largest absolute Gasteiger partial charge is 0.475 e. The molecule has 4 rings (SSSR count). The Bertz CT molecular complexity index is 1450. The maximum atomic E-state index is 13.8. The Labute approximate surface area is 213 Å². The van der Waals surface area contributed by atoms with Crippen molar-refractivity contribution in [3.63, 3.8) is 0 Å². The Morgan fingerprint density at radius 3 is 2.43 bits per heavy atom. The summed E-state index contributed by atoms with van der Waals surface area (Å²) in [7, 11) is 1.66. The lowest BCUT2D eigenvalue weighted by Crippen LogP contribution is -2.23. The molecule has 0 aliphatic heterocycles. The molecule has 0 amide bonds. The second-order valence-corrected chi connectivity index (χ2v) is 9.27. The summed E-state index contributed by atoms with van der Waals surface area (Å²) in [4.78, 5) is 27.1. The Kier molecular flexibility index (Phi) is 7.32. The van der Waals surface area contributed by atoms with Crippen molar-refractivity contribution in [2.24, 2.45) is 4.99 Å². The first-order valence-electron chi connectivity index (χ1n) is 10.8. The van der Waals surface area contributed by atoms with Crippen molar-refractivity contribution in [3.8, 4) is 28.6 Å². The fraction of sp³-hybridized carbons (Fsp3) is 0.200. The normalized spacial score (nSPS) is 11.6. The van der Waals surface area contributed by atoms with E-state index in [0.717, 1.165) is 0 Å². The van der Waals surface area contributed by atoms with Crippen LogP contribution < -0.4 is 20.8 Å². The number of nitrogen functional groups attached to an aromatic ring is 1. The number of nitrogens with two attached hydrogens (primary N) is 1. The minimum Gasteiger partial charge on any atom is -0.475 e. The van der Waals surface area contributed by atoms with Crippen LogP contribution in [-0.4, -0.2) is 38.7 Å². The lowest BCUT2D eigenvalue weighted by molar-refractivity contribution is 0.233. The number of hydrogen-bond donors (Lipinski definition) is 3. The topological polar surface area (TPSA) is 105 Å². The summed E-state index contributed by atoms with van der Waals surface area (Å²) in [6, 6.07) is 15.8. The summed E-state index contributed by atoms with van der Waals surface area (Å²) in [6.07, 6.45) is 1.57. The SMILES string of the molecule is CN=Cc1cc(-c2nc3ccc(OC(C)C)nc3n(-c3ccc(OC(S)S)cc3)c2=O)ccc1N. The quantitative estimate of drug-likeness (QED) is 0.148. The molecule has 2 heterocycles. The van der Waals surface area contributed by atoms with Crippen LogP contribution in [-0.2, 0) is 0 Å². The average molecular weight is 508 g/mol. The number of rotatable bonds is 7. The van der Waals surface area contributed by atoms with E-state index in [2.05, 4.69) is 40.2 Å². The molecule has 0 saturated carbocycles. The Hall–Kier alpha value is -3.50. The monoisotopic (exact) mass is 507 g/mol. The van der Waals surface area contributed by atoms with Gasteiger partial charge in [0.1, 0.15) is 17.0 Å². The predicted octanol–water partition coefficient (Wildman–Crippen LogP) is 4.39. The molecule has 0 saturated heterocycles. The summed E-state index contributed by atoms with van der Waals surface area (Å²) >= 11 is 8.26.